The fraction of sp³-hybridized carbons (Fsp3) is 0.562. The Hall–Kier alpha value is -1.49. The van der Waals surface area contributed by atoms with Crippen LogP contribution in [-0.2, 0) is 11.3 Å². The molecular formula is C16H23N3OS. The van der Waals surface area contributed by atoms with Crippen LogP contribution in [0.15, 0.2) is 24.5 Å². The van der Waals surface area contributed by atoms with Crippen molar-refractivity contribution in [2.75, 3.05) is 6.54 Å². The predicted octanol–water partition coefficient (Wildman–Crippen LogP) is 2.67. The first-order valence-electron chi connectivity index (χ1n) is 7.63. The van der Waals surface area contributed by atoms with E-state index < -0.39 is 0 Å². The number of amides is 1. The van der Waals surface area contributed by atoms with Gasteiger partial charge in [0.1, 0.15) is 0 Å². The summed E-state index contributed by atoms with van der Waals surface area (Å²) in [6, 6.07) is 3.89. The largest absolute Gasteiger partial charge is 0.393 e. The maximum atomic E-state index is 12.7. The first kappa shape index (κ1) is 15.9. The number of hydrogen-bond donors (Lipinski definition) is 1. The molecule has 1 aliphatic rings. The average Bonchev–Trinajstić information content (AvgIpc) is 2.52. The molecule has 0 atom stereocenters. The van der Waals surface area contributed by atoms with Crippen molar-refractivity contribution in [3.8, 4) is 0 Å². The van der Waals surface area contributed by atoms with E-state index in [0.717, 1.165) is 31.2 Å². The molecule has 114 valence electrons. The number of hydrogen-bond acceptors (Lipinski definition) is 3. The van der Waals surface area contributed by atoms with E-state index >= 15 is 0 Å². The number of nitrogens with zero attached hydrogens (tertiary/aromatic N) is 2. The highest BCUT2D eigenvalue weighted by Gasteiger charge is 2.25. The lowest BCUT2D eigenvalue weighted by Crippen LogP contribution is -2.38. The Labute approximate surface area is 131 Å². The number of nitrogens with two attached hydrogens (primary N) is 1. The molecule has 0 unspecified atom stereocenters. The number of rotatable bonds is 6. The molecule has 0 aliphatic heterocycles. The molecule has 21 heavy (non-hydrogen) atoms. The zero-order valence-electron chi connectivity index (χ0n) is 12.3. The Bertz CT molecular complexity index is 472. The van der Waals surface area contributed by atoms with Gasteiger partial charge in [0, 0.05) is 37.8 Å². The quantitative estimate of drug-likeness (QED) is 0.821. The molecule has 0 saturated heterocycles. The first-order chi connectivity index (χ1) is 10.2. The summed E-state index contributed by atoms with van der Waals surface area (Å²) >= 11 is 4.95. The summed E-state index contributed by atoms with van der Waals surface area (Å²) in [6.07, 6.45) is 9.71. The summed E-state index contributed by atoms with van der Waals surface area (Å²) in [5.41, 5.74) is 6.64. The van der Waals surface area contributed by atoms with E-state index in [1.807, 2.05) is 23.2 Å². The second-order valence-corrected chi connectivity index (χ2v) is 6.20. The lowest BCUT2D eigenvalue weighted by Gasteiger charge is -2.29. The van der Waals surface area contributed by atoms with E-state index in [1.165, 1.54) is 6.42 Å². The molecule has 2 rings (SSSR count). The van der Waals surface area contributed by atoms with Crippen molar-refractivity contribution in [1.82, 2.24) is 9.88 Å². The highest BCUT2D eigenvalue weighted by atomic mass is 32.1. The van der Waals surface area contributed by atoms with Crippen molar-refractivity contribution < 1.29 is 4.79 Å². The third-order valence-corrected chi connectivity index (χ3v) is 4.19. The summed E-state index contributed by atoms with van der Waals surface area (Å²) < 4.78 is 0. The van der Waals surface area contributed by atoms with E-state index in [9.17, 15) is 4.79 Å². The van der Waals surface area contributed by atoms with Crippen LogP contribution in [0.2, 0.25) is 0 Å². The fourth-order valence-electron chi connectivity index (χ4n) is 2.83. The monoisotopic (exact) mass is 305 g/mol. The third-order valence-electron chi connectivity index (χ3n) is 3.99. The van der Waals surface area contributed by atoms with Gasteiger partial charge in [0.05, 0.1) is 4.99 Å². The van der Waals surface area contributed by atoms with Gasteiger partial charge in [-0.05, 0) is 24.5 Å². The first-order valence-corrected chi connectivity index (χ1v) is 8.03. The lowest BCUT2D eigenvalue weighted by atomic mass is 9.88. The molecule has 1 aromatic rings. The van der Waals surface area contributed by atoms with Gasteiger partial charge in [-0.2, -0.15) is 0 Å². The van der Waals surface area contributed by atoms with Crippen molar-refractivity contribution >= 4 is 23.1 Å². The van der Waals surface area contributed by atoms with Gasteiger partial charge in [0.25, 0.3) is 0 Å². The average molecular weight is 305 g/mol. The van der Waals surface area contributed by atoms with E-state index in [4.69, 9.17) is 18.0 Å². The molecule has 1 amide bonds. The van der Waals surface area contributed by atoms with E-state index in [-0.39, 0.29) is 11.8 Å². The topological polar surface area (TPSA) is 59.2 Å². The van der Waals surface area contributed by atoms with Crippen LogP contribution in [0.25, 0.3) is 0 Å². The van der Waals surface area contributed by atoms with Gasteiger partial charge >= 0.3 is 0 Å². The summed E-state index contributed by atoms with van der Waals surface area (Å²) in [6.45, 7) is 1.19. The number of pyridine rings is 1. The Balaban J connectivity index is 2.03. The molecular weight excluding hydrogens is 282 g/mol. The Kier molecular flexibility index (Phi) is 6.11. The van der Waals surface area contributed by atoms with Gasteiger partial charge in [-0.1, -0.05) is 37.5 Å². The van der Waals surface area contributed by atoms with Crippen LogP contribution in [0.1, 0.15) is 44.1 Å². The van der Waals surface area contributed by atoms with Gasteiger partial charge in [0.2, 0.25) is 5.91 Å². The van der Waals surface area contributed by atoms with Crippen LogP contribution in [0, 0.1) is 5.92 Å². The van der Waals surface area contributed by atoms with E-state index in [1.54, 1.807) is 6.20 Å². The van der Waals surface area contributed by atoms with E-state index in [2.05, 4.69) is 4.98 Å². The number of thiocarbonyl (C=S) groups is 1. The van der Waals surface area contributed by atoms with Crippen molar-refractivity contribution in [2.45, 2.75) is 45.1 Å². The smallest absolute Gasteiger partial charge is 0.225 e. The lowest BCUT2D eigenvalue weighted by molar-refractivity contribution is -0.137. The van der Waals surface area contributed by atoms with Gasteiger partial charge < -0.3 is 10.6 Å². The van der Waals surface area contributed by atoms with Crippen molar-refractivity contribution in [1.29, 1.82) is 0 Å². The van der Waals surface area contributed by atoms with Crippen LogP contribution in [0.3, 0.4) is 0 Å². The molecule has 1 aliphatic carbocycles. The summed E-state index contributed by atoms with van der Waals surface area (Å²) in [4.78, 5) is 19.2. The van der Waals surface area contributed by atoms with Crippen LogP contribution >= 0.6 is 12.2 Å². The van der Waals surface area contributed by atoms with Gasteiger partial charge in [-0.15, -0.1) is 0 Å². The molecule has 5 heteroatoms. The van der Waals surface area contributed by atoms with Crippen molar-refractivity contribution in [3.05, 3.63) is 30.1 Å². The zero-order chi connectivity index (χ0) is 15.1. The van der Waals surface area contributed by atoms with Gasteiger partial charge in [-0.3, -0.25) is 9.78 Å². The molecule has 4 nitrogen and oxygen atoms in total. The maximum absolute atomic E-state index is 12.7. The normalized spacial score (nSPS) is 15.6. The third kappa shape index (κ3) is 5.08. The molecule has 1 fully saturated rings. The van der Waals surface area contributed by atoms with Crippen LogP contribution < -0.4 is 5.73 Å². The maximum Gasteiger partial charge on any atom is 0.225 e. The van der Waals surface area contributed by atoms with Crippen LogP contribution in [-0.4, -0.2) is 27.3 Å². The molecule has 0 radical (unpaired) electrons. The number of carbonyl (C=O) groups is 1. The minimum Gasteiger partial charge on any atom is -0.393 e. The Morgan fingerprint density at radius 2 is 2.14 bits per heavy atom. The van der Waals surface area contributed by atoms with Crippen LogP contribution in [0.4, 0.5) is 0 Å². The van der Waals surface area contributed by atoms with Crippen molar-refractivity contribution in [2.24, 2.45) is 11.7 Å². The SMILES string of the molecule is NC(=S)CCN(Cc1cccnc1)C(=O)C1CCCCC1. The molecule has 0 aromatic carbocycles. The van der Waals surface area contributed by atoms with Crippen LogP contribution in [0.5, 0.6) is 0 Å². The Morgan fingerprint density at radius 1 is 1.38 bits per heavy atom. The Morgan fingerprint density at radius 3 is 2.76 bits per heavy atom. The standard InChI is InChI=1S/C16H23N3OS/c17-15(21)8-10-19(12-13-5-4-9-18-11-13)16(20)14-6-2-1-3-7-14/h4-5,9,11,14H,1-3,6-8,10,12H2,(H2,17,21). The molecule has 0 spiro atoms. The highest BCUT2D eigenvalue weighted by molar-refractivity contribution is 7.80. The predicted molar refractivity (Wildman–Crippen MR) is 87.6 cm³/mol. The highest BCUT2D eigenvalue weighted by Crippen LogP contribution is 2.26. The summed E-state index contributed by atoms with van der Waals surface area (Å²) in [7, 11) is 0. The summed E-state index contributed by atoms with van der Waals surface area (Å²) in [5.74, 6) is 0.413. The molecule has 1 saturated carbocycles. The summed E-state index contributed by atoms with van der Waals surface area (Å²) in [5, 5.41) is 0. The fourth-order valence-corrected chi connectivity index (χ4v) is 2.92. The minimum atomic E-state index is 0.168. The van der Waals surface area contributed by atoms with Crippen molar-refractivity contribution in [3.63, 3.8) is 0 Å². The zero-order valence-corrected chi connectivity index (χ0v) is 13.1. The van der Waals surface area contributed by atoms with E-state index in [0.29, 0.717) is 24.5 Å². The minimum absolute atomic E-state index is 0.168. The number of aromatic nitrogens is 1. The number of carbonyl (C=O) groups excluding carboxylic acids is 1. The molecule has 2 N–H and O–H groups in total. The molecule has 1 heterocycles. The molecule has 1 aromatic heterocycles. The van der Waals surface area contributed by atoms with Gasteiger partial charge in [-0.25, -0.2) is 0 Å². The second kappa shape index (κ2) is 8.08. The second-order valence-electron chi connectivity index (χ2n) is 5.67. The molecule has 0 bridgehead atoms. The van der Waals surface area contributed by atoms with Gasteiger partial charge in [0.15, 0.2) is 0 Å².